The van der Waals surface area contributed by atoms with Gasteiger partial charge < -0.3 is 20.7 Å². The van der Waals surface area contributed by atoms with Crippen LogP contribution < -0.4 is 26.0 Å². The molecule has 1 aliphatic rings. The summed E-state index contributed by atoms with van der Waals surface area (Å²) in [5, 5.41) is 10.8. The first-order valence-electron chi connectivity index (χ1n) is 10.7. The Labute approximate surface area is 204 Å². The first-order valence-corrected chi connectivity index (χ1v) is 11.7. The third kappa shape index (κ3) is 8.18. The molecule has 2 aromatic carbocycles. The number of ether oxygens (including phenoxy) is 1. The lowest BCUT2D eigenvalue weighted by molar-refractivity contribution is -0.137. The number of benzene rings is 2. The summed E-state index contributed by atoms with van der Waals surface area (Å²) in [6.45, 7) is 0.298. The number of alkyl halides is 3. The van der Waals surface area contributed by atoms with Gasteiger partial charge >= 0.3 is 6.18 Å². The van der Waals surface area contributed by atoms with Crippen molar-refractivity contribution in [3.63, 3.8) is 0 Å². The van der Waals surface area contributed by atoms with Gasteiger partial charge in [0.25, 0.3) is 0 Å². The van der Waals surface area contributed by atoms with Gasteiger partial charge in [-0.2, -0.15) is 13.2 Å². The summed E-state index contributed by atoms with van der Waals surface area (Å²) >= 11 is 1.01. The van der Waals surface area contributed by atoms with Gasteiger partial charge in [-0.05, 0) is 29.8 Å². The fourth-order valence-electron chi connectivity index (χ4n) is 3.43. The standard InChI is InChI=1S/C23H25F3N4O4S/c1-34-16-6-4-5-14(9-16)12-27-19(31)10-15-11-20(32)30-22(28-15)35-13-21(33)29-18-8-3-2-7-17(18)23(24,25)26/h2-9,15,22,28H,10-13H2,1H3,(H,27,31)(H,29,33)(H,30,32). The van der Waals surface area contributed by atoms with E-state index in [1.807, 2.05) is 12.1 Å². The molecule has 3 amide bonds. The summed E-state index contributed by atoms with van der Waals surface area (Å²) in [6, 6.07) is 11.5. The zero-order chi connectivity index (χ0) is 25.4. The van der Waals surface area contributed by atoms with Crippen molar-refractivity contribution in [2.75, 3.05) is 18.2 Å². The SMILES string of the molecule is COc1cccc(CNC(=O)CC2CC(=O)NC(SCC(=O)Nc3ccccc3C(F)(F)F)N2)c1. The highest BCUT2D eigenvalue weighted by molar-refractivity contribution is 8.00. The molecule has 0 radical (unpaired) electrons. The lowest BCUT2D eigenvalue weighted by atomic mass is 10.1. The first-order chi connectivity index (χ1) is 16.6. The average Bonchev–Trinajstić information content (AvgIpc) is 2.81. The number of hydrogen-bond acceptors (Lipinski definition) is 6. The summed E-state index contributed by atoms with van der Waals surface area (Å²) < 4.78 is 44.4. The van der Waals surface area contributed by atoms with E-state index in [-0.39, 0.29) is 36.1 Å². The number of para-hydroxylation sites is 1. The van der Waals surface area contributed by atoms with Gasteiger partial charge in [0, 0.05) is 25.4 Å². The largest absolute Gasteiger partial charge is 0.497 e. The predicted molar refractivity (Wildman–Crippen MR) is 125 cm³/mol. The van der Waals surface area contributed by atoms with E-state index < -0.39 is 29.2 Å². The molecule has 1 aliphatic heterocycles. The third-order valence-electron chi connectivity index (χ3n) is 5.05. The van der Waals surface area contributed by atoms with E-state index in [1.54, 1.807) is 19.2 Å². The Kier molecular flexibility index (Phi) is 8.99. The number of anilines is 1. The van der Waals surface area contributed by atoms with Crippen molar-refractivity contribution < 1.29 is 32.3 Å². The van der Waals surface area contributed by atoms with Crippen molar-refractivity contribution >= 4 is 35.2 Å². The van der Waals surface area contributed by atoms with Gasteiger partial charge in [0.15, 0.2) is 0 Å². The molecule has 2 atom stereocenters. The maximum atomic E-state index is 13.1. The Bertz CT molecular complexity index is 1070. The Hall–Kier alpha value is -3.25. The topological polar surface area (TPSA) is 109 Å². The molecule has 0 saturated carbocycles. The monoisotopic (exact) mass is 510 g/mol. The zero-order valence-electron chi connectivity index (χ0n) is 18.8. The number of hydrogen-bond donors (Lipinski definition) is 4. The van der Waals surface area contributed by atoms with Crippen LogP contribution >= 0.6 is 11.8 Å². The fourth-order valence-corrected chi connectivity index (χ4v) is 4.32. The highest BCUT2D eigenvalue weighted by Crippen LogP contribution is 2.34. The molecule has 2 aromatic rings. The number of carbonyl (C=O) groups is 3. The van der Waals surface area contributed by atoms with Crippen molar-refractivity contribution in [3.8, 4) is 5.75 Å². The number of methoxy groups -OCH3 is 1. The molecule has 0 bridgehead atoms. The van der Waals surface area contributed by atoms with Crippen molar-refractivity contribution in [2.24, 2.45) is 0 Å². The van der Waals surface area contributed by atoms with E-state index in [4.69, 9.17) is 4.74 Å². The van der Waals surface area contributed by atoms with Crippen LogP contribution in [0.1, 0.15) is 24.0 Å². The molecule has 0 aromatic heterocycles. The van der Waals surface area contributed by atoms with Crippen molar-refractivity contribution in [1.29, 1.82) is 0 Å². The van der Waals surface area contributed by atoms with Crippen LogP contribution in [-0.4, -0.2) is 42.1 Å². The van der Waals surface area contributed by atoms with E-state index >= 15 is 0 Å². The zero-order valence-corrected chi connectivity index (χ0v) is 19.6. The van der Waals surface area contributed by atoms with E-state index in [1.165, 1.54) is 18.2 Å². The Morgan fingerprint density at radius 3 is 2.66 bits per heavy atom. The lowest BCUT2D eigenvalue weighted by Gasteiger charge is -2.30. The summed E-state index contributed by atoms with van der Waals surface area (Å²) in [5.74, 6) is -0.743. The number of carbonyl (C=O) groups excluding carboxylic acids is 3. The van der Waals surface area contributed by atoms with Crippen molar-refractivity contribution in [3.05, 3.63) is 59.7 Å². The van der Waals surface area contributed by atoms with Gasteiger partial charge in [0.2, 0.25) is 17.7 Å². The molecule has 1 fully saturated rings. The average molecular weight is 511 g/mol. The summed E-state index contributed by atoms with van der Waals surface area (Å²) in [7, 11) is 1.55. The van der Waals surface area contributed by atoms with E-state index in [2.05, 4.69) is 21.3 Å². The van der Waals surface area contributed by atoms with Crippen LogP contribution in [0.2, 0.25) is 0 Å². The minimum Gasteiger partial charge on any atom is -0.497 e. The molecular weight excluding hydrogens is 485 g/mol. The number of amides is 3. The number of rotatable bonds is 9. The van der Waals surface area contributed by atoms with Crippen LogP contribution in [0.15, 0.2) is 48.5 Å². The maximum absolute atomic E-state index is 13.1. The molecular formula is C23H25F3N4O4S. The number of thioether (sulfide) groups is 1. The molecule has 2 unspecified atom stereocenters. The molecule has 0 spiro atoms. The molecule has 188 valence electrons. The van der Waals surface area contributed by atoms with Crippen LogP contribution in [0, 0.1) is 0 Å². The second kappa shape index (κ2) is 11.9. The highest BCUT2D eigenvalue weighted by atomic mass is 32.2. The van der Waals surface area contributed by atoms with Crippen LogP contribution in [0.4, 0.5) is 18.9 Å². The van der Waals surface area contributed by atoms with Crippen LogP contribution in [-0.2, 0) is 27.1 Å². The molecule has 0 aliphatic carbocycles. The van der Waals surface area contributed by atoms with E-state index in [0.29, 0.717) is 12.3 Å². The Balaban J connectivity index is 1.47. The van der Waals surface area contributed by atoms with Crippen LogP contribution in [0.3, 0.4) is 0 Å². The quantitative estimate of drug-likeness (QED) is 0.413. The van der Waals surface area contributed by atoms with E-state index in [9.17, 15) is 27.6 Å². The second-order valence-corrected chi connectivity index (χ2v) is 8.84. The van der Waals surface area contributed by atoms with Gasteiger partial charge in [-0.3, -0.25) is 19.7 Å². The molecule has 8 nitrogen and oxygen atoms in total. The normalized spacial score (nSPS) is 17.9. The van der Waals surface area contributed by atoms with Crippen molar-refractivity contribution in [2.45, 2.75) is 37.1 Å². The number of nitrogens with one attached hydrogen (secondary N) is 4. The molecule has 3 rings (SSSR count). The highest BCUT2D eigenvalue weighted by Gasteiger charge is 2.34. The third-order valence-corrected chi connectivity index (χ3v) is 6.07. The molecule has 12 heteroatoms. The summed E-state index contributed by atoms with van der Waals surface area (Å²) in [4.78, 5) is 36.7. The lowest BCUT2D eigenvalue weighted by Crippen LogP contribution is -2.56. The Morgan fingerprint density at radius 1 is 1.14 bits per heavy atom. The van der Waals surface area contributed by atoms with E-state index in [0.717, 1.165) is 23.4 Å². The minimum absolute atomic E-state index is 0.0413. The van der Waals surface area contributed by atoms with Gasteiger partial charge in [0.1, 0.15) is 11.2 Å². The molecule has 4 N–H and O–H groups in total. The maximum Gasteiger partial charge on any atom is 0.418 e. The molecule has 1 heterocycles. The summed E-state index contributed by atoms with van der Waals surface area (Å²) in [6.07, 6.45) is -4.48. The first kappa shape index (κ1) is 26.4. The van der Waals surface area contributed by atoms with Crippen LogP contribution in [0.25, 0.3) is 0 Å². The van der Waals surface area contributed by atoms with Crippen LogP contribution in [0.5, 0.6) is 5.75 Å². The van der Waals surface area contributed by atoms with Gasteiger partial charge in [-0.25, -0.2) is 0 Å². The molecule has 35 heavy (non-hydrogen) atoms. The smallest absolute Gasteiger partial charge is 0.418 e. The molecule has 1 saturated heterocycles. The van der Waals surface area contributed by atoms with Crippen molar-refractivity contribution in [1.82, 2.24) is 16.0 Å². The van der Waals surface area contributed by atoms with Gasteiger partial charge in [0.05, 0.1) is 24.1 Å². The minimum atomic E-state index is -4.60. The fraction of sp³-hybridized carbons (Fsp3) is 0.348. The van der Waals surface area contributed by atoms with Gasteiger partial charge in [-0.15, -0.1) is 11.8 Å². The predicted octanol–water partition coefficient (Wildman–Crippen LogP) is 2.85. The Morgan fingerprint density at radius 2 is 1.91 bits per heavy atom. The second-order valence-electron chi connectivity index (χ2n) is 7.75. The number of halogens is 3. The van der Waals surface area contributed by atoms with Gasteiger partial charge in [-0.1, -0.05) is 24.3 Å². The summed E-state index contributed by atoms with van der Waals surface area (Å²) in [5.41, 5.74) is -1.09.